The van der Waals surface area contributed by atoms with Gasteiger partial charge in [0, 0.05) is 5.69 Å². The number of rotatable bonds is 6. The maximum atomic E-state index is 12.7. The number of nitrogens with zero attached hydrogens (tertiary/aromatic N) is 3. The van der Waals surface area contributed by atoms with E-state index in [1.165, 1.54) is 11.8 Å². The number of aromatic amines is 1. The van der Waals surface area contributed by atoms with Crippen LogP contribution in [0.5, 0.6) is 0 Å². The summed E-state index contributed by atoms with van der Waals surface area (Å²) in [5.74, 6) is 0.988. The number of pyridine rings is 1. The molecule has 150 valence electrons. The number of para-hydroxylation sites is 2. The van der Waals surface area contributed by atoms with Gasteiger partial charge in [-0.1, -0.05) is 37.7 Å². The van der Waals surface area contributed by atoms with Crippen LogP contribution in [0.1, 0.15) is 48.1 Å². The fourth-order valence-electron chi connectivity index (χ4n) is 3.17. The smallest absolute Gasteiger partial charge is 0.231 e. The van der Waals surface area contributed by atoms with Gasteiger partial charge in [0.05, 0.1) is 28.4 Å². The molecule has 0 aliphatic heterocycles. The van der Waals surface area contributed by atoms with Gasteiger partial charge in [-0.3, -0.25) is 4.79 Å². The van der Waals surface area contributed by atoms with Gasteiger partial charge >= 0.3 is 0 Å². The molecule has 1 unspecified atom stereocenters. The molecule has 0 radical (unpaired) electrons. The fraction of sp³-hybridized carbons (Fsp3) is 0.364. The van der Waals surface area contributed by atoms with E-state index in [2.05, 4.69) is 26.3 Å². The minimum Gasteiger partial charge on any atom is -0.345 e. The minimum atomic E-state index is -0.222. The number of nitriles is 1. The largest absolute Gasteiger partial charge is 0.345 e. The summed E-state index contributed by atoms with van der Waals surface area (Å²) >= 11 is 1.29. The summed E-state index contributed by atoms with van der Waals surface area (Å²) < 4.78 is 0. The van der Waals surface area contributed by atoms with Crippen LogP contribution < -0.4 is 5.32 Å². The number of aryl methyl sites for hydroxylation is 1. The summed E-state index contributed by atoms with van der Waals surface area (Å²) in [6, 6.07) is 9.82. The first-order valence-corrected chi connectivity index (χ1v) is 10.5. The van der Waals surface area contributed by atoms with Crippen LogP contribution in [0.3, 0.4) is 0 Å². The summed E-state index contributed by atoms with van der Waals surface area (Å²) in [6.07, 6.45) is 0. The van der Waals surface area contributed by atoms with Gasteiger partial charge in [0.15, 0.2) is 0 Å². The molecule has 6 nitrogen and oxygen atoms in total. The Hall–Kier alpha value is -2.85. The molecule has 0 bridgehead atoms. The van der Waals surface area contributed by atoms with Crippen LogP contribution in [0.4, 0.5) is 0 Å². The Morgan fingerprint density at radius 3 is 2.59 bits per heavy atom. The number of nitrogens with one attached hydrogen (secondary N) is 2. The molecule has 0 saturated heterocycles. The number of carbonyl (C=O) groups excluding carboxylic acids is 1. The van der Waals surface area contributed by atoms with Crippen molar-refractivity contribution >= 4 is 28.7 Å². The number of hydrogen-bond acceptors (Lipinski definition) is 5. The Kier molecular flexibility index (Phi) is 6.23. The molecule has 2 N–H and O–H groups in total. The quantitative estimate of drug-likeness (QED) is 0.592. The number of H-pyrrole nitrogens is 1. The van der Waals surface area contributed by atoms with Gasteiger partial charge < -0.3 is 10.3 Å². The summed E-state index contributed by atoms with van der Waals surface area (Å²) in [6.45, 7) is 9.90. The number of imidazole rings is 1. The Balaban J connectivity index is 1.74. The van der Waals surface area contributed by atoms with E-state index in [0.717, 1.165) is 33.7 Å². The van der Waals surface area contributed by atoms with E-state index in [0.29, 0.717) is 10.6 Å². The average Bonchev–Trinajstić information content (AvgIpc) is 3.12. The minimum absolute atomic E-state index is 0.115. The third-order valence-corrected chi connectivity index (χ3v) is 6.08. The zero-order valence-corrected chi connectivity index (χ0v) is 18.1. The van der Waals surface area contributed by atoms with Crippen molar-refractivity contribution < 1.29 is 4.79 Å². The van der Waals surface area contributed by atoms with Crippen LogP contribution >= 0.6 is 11.8 Å². The average molecular weight is 408 g/mol. The molecule has 0 spiro atoms. The third-order valence-electron chi connectivity index (χ3n) is 5.10. The summed E-state index contributed by atoms with van der Waals surface area (Å²) in [5, 5.41) is 13.2. The predicted octanol–water partition coefficient (Wildman–Crippen LogP) is 4.36. The number of carbonyl (C=O) groups is 1. The topological polar surface area (TPSA) is 94.5 Å². The number of hydrogen-bond donors (Lipinski definition) is 2. The summed E-state index contributed by atoms with van der Waals surface area (Å²) in [4.78, 5) is 25.1. The first-order chi connectivity index (χ1) is 13.8. The fourth-order valence-corrected chi connectivity index (χ4v) is 4.06. The van der Waals surface area contributed by atoms with E-state index >= 15 is 0 Å². The molecule has 29 heavy (non-hydrogen) atoms. The molecule has 0 aliphatic rings. The van der Waals surface area contributed by atoms with Crippen molar-refractivity contribution in [3.63, 3.8) is 0 Å². The summed E-state index contributed by atoms with van der Waals surface area (Å²) in [7, 11) is 0. The molecular weight excluding hydrogens is 382 g/mol. The highest BCUT2D eigenvalue weighted by molar-refractivity contribution is 8.00. The van der Waals surface area contributed by atoms with Gasteiger partial charge in [-0.15, -0.1) is 0 Å². The normalized spacial score (nSPS) is 12.2. The predicted molar refractivity (Wildman–Crippen MR) is 116 cm³/mol. The number of thioether (sulfide) groups is 1. The standard InChI is InChI=1S/C22H25N5OS/c1-12(2)20(21-25-17-8-6-7-9-18(17)26-21)27-19(28)11-29-22-16(10-23)14(4)13(3)15(5)24-22/h6-9,12,20H,11H2,1-5H3,(H,25,26)(H,27,28). The second kappa shape index (κ2) is 8.66. The molecule has 0 saturated carbocycles. The zero-order valence-electron chi connectivity index (χ0n) is 17.3. The van der Waals surface area contributed by atoms with Crippen molar-refractivity contribution in [1.82, 2.24) is 20.3 Å². The first kappa shape index (κ1) is 20.9. The van der Waals surface area contributed by atoms with Gasteiger partial charge in [-0.05, 0) is 49.9 Å². The highest BCUT2D eigenvalue weighted by Crippen LogP contribution is 2.27. The van der Waals surface area contributed by atoms with E-state index in [4.69, 9.17) is 0 Å². The lowest BCUT2D eigenvalue weighted by Crippen LogP contribution is -2.33. The van der Waals surface area contributed by atoms with Crippen LogP contribution in [-0.2, 0) is 4.79 Å². The number of amides is 1. The van der Waals surface area contributed by atoms with Gasteiger partial charge in [0.1, 0.15) is 16.9 Å². The van der Waals surface area contributed by atoms with Gasteiger partial charge in [-0.2, -0.15) is 5.26 Å². The molecule has 2 heterocycles. The van der Waals surface area contributed by atoms with E-state index in [1.54, 1.807) is 0 Å². The molecule has 3 rings (SSSR count). The highest BCUT2D eigenvalue weighted by atomic mass is 32.2. The maximum absolute atomic E-state index is 12.7. The van der Waals surface area contributed by atoms with Crippen molar-refractivity contribution in [1.29, 1.82) is 5.26 Å². The second-order valence-corrected chi connectivity index (χ2v) is 8.42. The van der Waals surface area contributed by atoms with Crippen LogP contribution in [0.25, 0.3) is 11.0 Å². The van der Waals surface area contributed by atoms with E-state index in [1.807, 2.05) is 58.9 Å². The molecule has 3 aromatic rings. The number of benzene rings is 1. The molecule has 7 heteroatoms. The van der Waals surface area contributed by atoms with Crippen LogP contribution in [0.2, 0.25) is 0 Å². The van der Waals surface area contributed by atoms with Crippen molar-refractivity contribution in [3.8, 4) is 6.07 Å². The van der Waals surface area contributed by atoms with Gasteiger partial charge in [0.2, 0.25) is 5.91 Å². The molecule has 0 aliphatic carbocycles. The van der Waals surface area contributed by atoms with Crippen LogP contribution in [-0.4, -0.2) is 26.6 Å². The van der Waals surface area contributed by atoms with Crippen LogP contribution in [0, 0.1) is 38.0 Å². The lowest BCUT2D eigenvalue weighted by atomic mass is 10.0. The van der Waals surface area contributed by atoms with Crippen molar-refractivity contribution in [2.45, 2.75) is 45.7 Å². The maximum Gasteiger partial charge on any atom is 0.231 e. The van der Waals surface area contributed by atoms with E-state index < -0.39 is 0 Å². The lowest BCUT2D eigenvalue weighted by Gasteiger charge is -2.20. The number of aromatic nitrogens is 3. The zero-order chi connectivity index (χ0) is 21.1. The molecule has 1 aromatic carbocycles. The van der Waals surface area contributed by atoms with Gasteiger partial charge in [0.25, 0.3) is 0 Å². The SMILES string of the molecule is Cc1nc(SCC(=O)NC(c2nc3ccccc3[nH]2)C(C)C)c(C#N)c(C)c1C. The monoisotopic (exact) mass is 407 g/mol. The van der Waals surface area contributed by atoms with Gasteiger partial charge in [-0.25, -0.2) is 9.97 Å². The highest BCUT2D eigenvalue weighted by Gasteiger charge is 2.22. The van der Waals surface area contributed by atoms with Crippen molar-refractivity contribution in [2.24, 2.45) is 5.92 Å². The molecular formula is C22H25N5OS. The Labute approximate surface area is 175 Å². The molecule has 0 fully saturated rings. The Morgan fingerprint density at radius 2 is 1.93 bits per heavy atom. The lowest BCUT2D eigenvalue weighted by molar-refractivity contribution is -0.119. The van der Waals surface area contributed by atoms with Crippen LogP contribution in [0.15, 0.2) is 29.3 Å². The third kappa shape index (κ3) is 4.43. The van der Waals surface area contributed by atoms with Crippen molar-refractivity contribution in [2.75, 3.05) is 5.75 Å². The number of fused-ring (bicyclic) bond motifs is 1. The summed E-state index contributed by atoms with van der Waals surface area (Å²) in [5.41, 5.74) is 5.19. The van der Waals surface area contributed by atoms with E-state index in [-0.39, 0.29) is 23.6 Å². The second-order valence-electron chi connectivity index (χ2n) is 7.46. The van der Waals surface area contributed by atoms with Crippen molar-refractivity contribution in [3.05, 3.63) is 52.5 Å². The molecule has 1 atom stereocenters. The molecule has 1 amide bonds. The molecule has 2 aromatic heterocycles. The Bertz CT molecular complexity index is 1060. The Morgan fingerprint density at radius 1 is 1.21 bits per heavy atom. The van der Waals surface area contributed by atoms with E-state index in [9.17, 15) is 10.1 Å². The first-order valence-electron chi connectivity index (χ1n) is 9.56.